The third-order valence-corrected chi connectivity index (χ3v) is 4.19. The van der Waals surface area contributed by atoms with E-state index in [1.807, 2.05) is 6.92 Å². The molecule has 1 aliphatic heterocycles. The molecule has 1 heterocycles. The van der Waals surface area contributed by atoms with Crippen LogP contribution >= 0.6 is 0 Å². The van der Waals surface area contributed by atoms with E-state index >= 15 is 0 Å². The lowest BCUT2D eigenvalue weighted by molar-refractivity contribution is 0.387. The van der Waals surface area contributed by atoms with Crippen LogP contribution in [0.3, 0.4) is 0 Å². The third-order valence-electron chi connectivity index (χ3n) is 2.02. The highest BCUT2D eigenvalue weighted by atomic mass is 32.2. The van der Waals surface area contributed by atoms with Gasteiger partial charge in [-0.25, -0.2) is 8.42 Å². The third kappa shape index (κ3) is 1.62. The minimum absolute atomic E-state index is 0.200. The SMILES string of the molecule is C#CC(C)N1CC(C)CS1(=O)=O. The summed E-state index contributed by atoms with van der Waals surface area (Å²) in [5.74, 6) is 2.86. The summed E-state index contributed by atoms with van der Waals surface area (Å²) in [5.41, 5.74) is 0. The predicted molar refractivity (Wildman–Crippen MR) is 48.0 cm³/mol. The number of rotatable bonds is 1. The van der Waals surface area contributed by atoms with E-state index in [0.29, 0.717) is 6.54 Å². The van der Waals surface area contributed by atoms with Crippen molar-refractivity contribution in [1.82, 2.24) is 4.31 Å². The first-order chi connectivity index (χ1) is 5.47. The van der Waals surface area contributed by atoms with E-state index < -0.39 is 10.0 Å². The summed E-state index contributed by atoms with van der Waals surface area (Å²) in [4.78, 5) is 0. The van der Waals surface area contributed by atoms with Gasteiger partial charge in [-0.05, 0) is 12.8 Å². The van der Waals surface area contributed by atoms with Crippen molar-refractivity contribution < 1.29 is 8.42 Å². The Balaban J connectivity index is 2.88. The van der Waals surface area contributed by atoms with Crippen LogP contribution in [0.5, 0.6) is 0 Å². The van der Waals surface area contributed by atoms with Gasteiger partial charge in [-0.2, -0.15) is 4.31 Å². The largest absolute Gasteiger partial charge is 0.215 e. The van der Waals surface area contributed by atoms with Gasteiger partial charge in [-0.15, -0.1) is 6.42 Å². The van der Waals surface area contributed by atoms with Gasteiger partial charge in [0.1, 0.15) is 0 Å². The fourth-order valence-corrected chi connectivity index (χ4v) is 3.45. The van der Waals surface area contributed by atoms with Crippen LogP contribution in [0, 0.1) is 18.3 Å². The van der Waals surface area contributed by atoms with Crippen molar-refractivity contribution in [3.63, 3.8) is 0 Å². The summed E-state index contributed by atoms with van der Waals surface area (Å²) in [7, 11) is -3.06. The first kappa shape index (κ1) is 9.56. The summed E-state index contributed by atoms with van der Waals surface area (Å²) < 4.78 is 24.2. The van der Waals surface area contributed by atoms with Crippen LogP contribution < -0.4 is 0 Å². The Hall–Kier alpha value is -0.530. The summed E-state index contributed by atoms with van der Waals surface area (Å²) in [5, 5.41) is 0. The molecule has 2 unspecified atom stereocenters. The number of hydrogen-bond donors (Lipinski definition) is 0. The summed E-state index contributed by atoms with van der Waals surface area (Å²) in [6.45, 7) is 4.21. The Kier molecular flexibility index (Phi) is 2.45. The molecule has 0 radical (unpaired) electrons. The molecule has 0 amide bonds. The van der Waals surface area contributed by atoms with E-state index in [2.05, 4.69) is 5.92 Å². The standard InChI is InChI=1S/C8H13NO2S/c1-4-8(3)9-5-7(2)6-12(9,10)11/h1,7-8H,5-6H2,2-3H3. The molecule has 0 bridgehead atoms. The molecule has 2 atom stereocenters. The second-order valence-electron chi connectivity index (χ2n) is 3.30. The van der Waals surface area contributed by atoms with Crippen molar-refractivity contribution in [2.24, 2.45) is 5.92 Å². The highest BCUT2D eigenvalue weighted by Gasteiger charge is 2.35. The predicted octanol–water partition coefficient (Wildman–Crippen LogP) is 0.290. The van der Waals surface area contributed by atoms with Gasteiger partial charge in [0, 0.05) is 6.54 Å². The molecule has 0 aliphatic carbocycles. The minimum atomic E-state index is -3.06. The van der Waals surface area contributed by atoms with E-state index in [9.17, 15) is 8.42 Å². The van der Waals surface area contributed by atoms with Crippen LogP contribution in [0.25, 0.3) is 0 Å². The summed E-state index contributed by atoms with van der Waals surface area (Å²) >= 11 is 0. The van der Waals surface area contributed by atoms with E-state index in [4.69, 9.17) is 6.42 Å². The van der Waals surface area contributed by atoms with Gasteiger partial charge >= 0.3 is 0 Å². The van der Waals surface area contributed by atoms with E-state index in [1.54, 1.807) is 6.92 Å². The lowest BCUT2D eigenvalue weighted by Crippen LogP contribution is -2.33. The van der Waals surface area contributed by atoms with Gasteiger partial charge in [-0.3, -0.25) is 0 Å². The Bertz CT molecular complexity index is 302. The van der Waals surface area contributed by atoms with E-state index in [-0.39, 0.29) is 17.7 Å². The number of hydrogen-bond acceptors (Lipinski definition) is 2. The highest BCUT2D eigenvalue weighted by Crippen LogP contribution is 2.20. The molecule has 1 fully saturated rings. The molecule has 0 N–H and O–H groups in total. The van der Waals surface area contributed by atoms with Gasteiger partial charge in [0.05, 0.1) is 11.8 Å². The average molecular weight is 187 g/mol. The van der Waals surface area contributed by atoms with E-state index in [1.165, 1.54) is 4.31 Å². The van der Waals surface area contributed by atoms with Crippen LogP contribution in [-0.4, -0.2) is 31.1 Å². The summed E-state index contributed by atoms with van der Waals surface area (Å²) in [6, 6.07) is -0.306. The molecule has 1 aliphatic rings. The van der Waals surface area contributed by atoms with Crippen molar-refractivity contribution in [2.75, 3.05) is 12.3 Å². The number of sulfonamides is 1. The highest BCUT2D eigenvalue weighted by molar-refractivity contribution is 7.89. The molecule has 1 rings (SSSR count). The lowest BCUT2D eigenvalue weighted by atomic mass is 10.2. The normalized spacial score (nSPS) is 31.2. The second kappa shape index (κ2) is 3.08. The maximum Gasteiger partial charge on any atom is 0.215 e. The first-order valence-electron chi connectivity index (χ1n) is 3.93. The molecule has 68 valence electrons. The second-order valence-corrected chi connectivity index (χ2v) is 5.26. The van der Waals surface area contributed by atoms with Crippen molar-refractivity contribution >= 4 is 10.0 Å². The zero-order valence-electron chi connectivity index (χ0n) is 7.32. The fraction of sp³-hybridized carbons (Fsp3) is 0.750. The van der Waals surface area contributed by atoms with Crippen LogP contribution in [0.15, 0.2) is 0 Å². The molecular formula is C8H13NO2S. The van der Waals surface area contributed by atoms with Gasteiger partial charge < -0.3 is 0 Å². The van der Waals surface area contributed by atoms with Crippen molar-refractivity contribution in [3.8, 4) is 12.3 Å². The molecule has 0 aromatic carbocycles. The Morgan fingerprint density at radius 3 is 2.58 bits per heavy atom. The molecule has 0 aromatic rings. The van der Waals surface area contributed by atoms with E-state index in [0.717, 1.165) is 0 Å². The average Bonchev–Trinajstić information content (AvgIpc) is 2.23. The minimum Gasteiger partial charge on any atom is -0.212 e. The zero-order chi connectivity index (χ0) is 9.35. The number of nitrogens with zero attached hydrogens (tertiary/aromatic N) is 1. The number of terminal acetylenes is 1. The van der Waals surface area contributed by atoms with Crippen molar-refractivity contribution in [1.29, 1.82) is 0 Å². The molecule has 1 saturated heterocycles. The molecular weight excluding hydrogens is 174 g/mol. The summed E-state index contributed by atoms with van der Waals surface area (Å²) in [6.07, 6.45) is 5.16. The maximum absolute atomic E-state index is 11.4. The molecule has 0 aromatic heterocycles. The van der Waals surface area contributed by atoms with Crippen molar-refractivity contribution in [3.05, 3.63) is 0 Å². The first-order valence-corrected chi connectivity index (χ1v) is 5.54. The van der Waals surface area contributed by atoms with Gasteiger partial charge in [0.25, 0.3) is 0 Å². The smallest absolute Gasteiger partial charge is 0.212 e. The van der Waals surface area contributed by atoms with Crippen LogP contribution in [-0.2, 0) is 10.0 Å². The molecule has 3 nitrogen and oxygen atoms in total. The van der Waals surface area contributed by atoms with Crippen LogP contribution in [0.2, 0.25) is 0 Å². The van der Waals surface area contributed by atoms with Gasteiger partial charge in [-0.1, -0.05) is 12.8 Å². The Labute approximate surface area is 73.8 Å². The van der Waals surface area contributed by atoms with Crippen LogP contribution in [0.4, 0.5) is 0 Å². The topological polar surface area (TPSA) is 37.4 Å². The quantitative estimate of drug-likeness (QED) is 0.553. The maximum atomic E-state index is 11.4. The fourth-order valence-electron chi connectivity index (χ4n) is 1.41. The molecule has 12 heavy (non-hydrogen) atoms. The van der Waals surface area contributed by atoms with Gasteiger partial charge in [0.15, 0.2) is 0 Å². The Morgan fingerprint density at radius 2 is 2.25 bits per heavy atom. The monoisotopic (exact) mass is 187 g/mol. The molecule has 0 spiro atoms. The van der Waals surface area contributed by atoms with Crippen LogP contribution in [0.1, 0.15) is 13.8 Å². The lowest BCUT2D eigenvalue weighted by Gasteiger charge is -2.17. The zero-order valence-corrected chi connectivity index (χ0v) is 8.13. The molecule has 4 heteroatoms. The Morgan fingerprint density at radius 1 is 1.67 bits per heavy atom. The van der Waals surface area contributed by atoms with Crippen molar-refractivity contribution in [2.45, 2.75) is 19.9 Å². The molecule has 0 saturated carbocycles. The van der Waals surface area contributed by atoms with Gasteiger partial charge in [0.2, 0.25) is 10.0 Å².